The topological polar surface area (TPSA) is 29.5 Å². The van der Waals surface area contributed by atoms with Gasteiger partial charge in [-0.3, -0.25) is 9.69 Å². The summed E-state index contributed by atoms with van der Waals surface area (Å²) in [5, 5.41) is 0. The average Bonchev–Trinajstić information content (AvgIpc) is 2.31. The highest BCUT2D eigenvalue weighted by molar-refractivity contribution is 5.82. The molecule has 1 saturated heterocycles. The molecule has 1 heterocycles. The van der Waals surface area contributed by atoms with Gasteiger partial charge < -0.3 is 4.74 Å². The first-order valence-electron chi connectivity index (χ1n) is 5.66. The van der Waals surface area contributed by atoms with E-state index in [0.29, 0.717) is 0 Å². The highest BCUT2D eigenvalue weighted by Gasteiger charge is 2.25. The molecule has 0 radical (unpaired) electrons. The van der Waals surface area contributed by atoms with Crippen molar-refractivity contribution < 1.29 is 9.53 Å². The number of rotatable bonds is 3. The second-order valence-corrected chi connectivity index (χ2v) is 4.07. The van der Waals surface area contributed by atoms with Gasteiger partial charge in [0.1, 0.15) is 0 Å². The summed E-state index contributed by atoms with van der Waals surface area (Å²) in [7, 11) is 0. The summed E-state index contributed by atoms with van der Waals surface area (Å²) < 4.78 is 5.31. The van der Waals surface area contributed by atoms with Gasteiger partial charge in [0.25, 0.3) is 0 Å². The van der Waals surface area contributed by atoms with Crippen molar-refractivity contribution in [2.75, 3.05) is 26.3 Å². The Bertz CT molecular complexity index is 344. The highest BCUT2D eigenvalue weighted by Crippen LogP contribution is 2.22. The van der Waals surface area contributed by atoms with Crippen molar-refractivity contribution in [2.45, 2.75) is 13.0 Å². The summed E-state index contributed by atoms with van der Waals surface area (Å²) >= 11 is 0. The van der Waals surface area contributed by atoms with Crippen molar-refractivity contribution in [1.82, 2.24) is 4.90 Å². The van der Waals surface area contributed by atoms with E-state index in [-0.39, 0.29) is 11.8 Å². The first-order valence-corrected chi connectivity index (χ1v) is 5.66. The molecule has 3 nitrogen and oxygen atoms in total. The van der Waals surface area contributed by atoms with Gasteiger partial charge in [0.2, 0.25) is 0 Å². The van der Waals surface area contributed by atoms with Crippen LogP contribution in [0.4, 0.5) is 0 Å². The first kappa shape index (κ1) is 11.3. The molecule has 0 N–H and O–H groups in total. The molecular weight excluding hydrogens is 202 g/mol. The summed E-state index contributed by atoms with van der Waals surface area (Å²) in [5.74, 6) is 0.202. The standard InChI is InChI=1S/C13H17NO2/c1-11(15)13(12-5-3-2-4-6-12)14-7-9-16-10-8-14/h2-6,13H,7-10H2,1H3/t13-/m0/s1. The molecule has 2 rings (SSSR count). The van der Waals surface area contributed by atoms with E-state index in [2.05, 4.69) is 4.90 Å². The number of benzene rings is 1. The highest BCUT2D eigenvalue weighted by atomic mass is 16.5. The number of nitrogens with zero attached hydrogens (tertiary/aromatic N) is 1. The van der Waals surface area contributed by atoms with Crippen LogP contribution in [0.1, 0.15) is 18.5 Å². The summed E-state index contributed by atoms with van der Waals surface area (Å²) in [6.45, 7) is 4.76. The third kappa shape index (κ3) is 2.49. The fraction of sp³-hybridized carbons (Fsp3) is 0.462. The molecule has 86 valence electrons. The molecule has 1 aliphatic heterocycles. The van der Waals surface area contributed by atoms with Gasteiger partial charge in [-0.2, -0.15) is 0 Å². The predicted molar refractivity (Wildman–Crippen MR) is 62.3 cm³/mol. The Labute approximate surface area is 96.0 Å². The van der Waals surface area contributed by atoms with Crippen molar-refractivity contribution in [3.63, 3.8) is 0 Å². The zero-order valence-corrected chi connectivity index (χ0v) is 9.56. The predicted octanol–water partition coefficient (Wildman–Crippen LogP) is 1.65. The van der Waals surface area contributed by atoms with E-state index >= 15 is 0 Å². The SMILES string of the molecule is CC(=O)[C@@H](c1ccccc1)N1CCOCC1. The van der Waals surface area contributed by atoms with Crippen LogP contribution >= 0.6 is 0 Å². The minimum absolute atomic E-state index is 0.106. The molecular formula is C13H17NO2. The Kier molecular flexibility index (Phi) is 3.70. The maximum atomic E-state index is 11.8. The maximum Gasteiger partial charge on any atom is 0.151 e. The van der Waals surface area contributed by atoms with Crippen LogP contribution in [0.15, 0.2) is 30.3 Å². The van der Waals surface area contributed by atoms with Crippen molar-refractivity contribution >= 4 is 5.78 Å². The van der Waals surface area contributed by atoms with Gasteiger partial charge >= 0.3 is 0 Å². The van der Waals surface area contributed by atoms with E-state index in [0.717, 1.165) is 31.9 Å². The molecule has 1 fully saturated rings. The first-order chi connectivity index (χ1) is 7.79. The fourth-order valence-corrected chi connectivity index (χ4v) is 2.17. The molecule has 0 aliphatic carbocycles. The number of carbonyl (C=O) groups excluding carboxylic acids is 1. The molecule has 0 spiro atoms. The zero-order chi connectivity index (χ0) is 11.4. The lowest BCUT2D eigenvalue weighted by atomic mass is 10.0. The molecule has 1 atom stereocenters. The number of ketones is 1. The number of ether oxygens (including phenoxy) is 1. The van der Waals surface area contributed by atoms with Crippen molar-refractivity contribution in [3.05, 3.63) is 35.9 Å². The fourth-order valence-electron chi connectivity index (χ4n) is 2.17. The molecule has 0 amide bonds. The Balaban J connectivity index is 2.20. The van der Waals surface area contributed by atoms with E-state index in [1.54, 1.807) is 6.92 Å². The van der Waals surface area contributed by atoms with Crippen molar-refractivity contribution in [1.29, 1.82) is 0 Å². The van der Waals surface area contributed by atoms with Gasteiger partial charge in [0.05, 0.1) is 19.3 Å². The van der Waals surface area contributed by atoms with E-state index < -0.39 is 0 Å². The molecule has 0 saturated carbocycles. The summed E-state index contributed by atoms with van der Waals surface area (Å²) in [6, 6.07) is 9.85. The number of morpholine rings is 1. The summed E-state index contributed by atoms with van der Waals surface area (Å²) in [4.78, 5) is 14.0. The van der Waals surface area contributed by atoms with E-state index in [4.69, 9.17) is 4.74 Å². The van der Waals surface area contributed by atoms with Crippen LogP contribution in [0.2, 0.25) is 0 Å². The number of hydrogen-bond donors (Lipinski definition) is 0. The molecule has 0 bridgehead atoms. The average molecular weight is 219 g/mol. The van der Waals surface area contributed by atoms with Crippen LogP contribution in [-0.4, -0.2) is 37.0 Å². The second-order valence-electron chi connectivity index (χ2n) is 4.07. The third-order valence-electron chi connectivity index (χ3n) is 2.91. The zero-order valence-electron chi connectivity index (χ0n) is 9.56. The summed E-state index contributed by atoms with van der Waals surface area (Å²) in [6.07, 6.45) is 0. The van der Waals surface area contributed by atoms with E-state index in [9.17, 15) is 4.79 Å². The van der Waals surface area contributed by atoms with Crippen LogP contribution in [0, 0.1) is 0 Å². The van der Waals surface area contributed by atoms with Crippen LogP contribution in [0.25, 0.3) is 0 Å². The minimum atomic E-state index is -0.106. The lowest BCUT2D eigenvalue weighted by molar-refractivity contribution is -0.124. The van der Waals surface area contributed by atoms with E-state index in [1.165, 1.54) is 0 Å². The maximum absolute atomic E-state index is 11.8. The molecule has 3 heteroatoms. The quantitative estimate of drug-likeness (QED) is 0.774. The van der Waals surface area contributed by atoms with Gasteiger partial charge in [-0.15, -0.1) is 0 Å². The Morgan fingerprint density at radius 2 is 1.88 bits per heavy atom. The Morgan fingerprint density at radius 3 is 2.44 bits per heavy atom. The van der Waals surface area contributed by atoms with Crippen LogP contribution in [0.5, 0.6) is 0 Å². The second kappa shape index (κ2) is 5.23. The molecule has 0 unspecified atom stereocenters. The Hall–Kier alpha value is -1.19. The Morgan fingerprint density at radius 1 is 1.25 bits per heavy atom. The minimum Gasteiger partial charge on any atom is -0.379 e. The van der Waals surface area contributed by atoms with Gasteiger partial charge in [0.15, 0.2) is 5.78 Å². The summed E-state index contributed by atoms with van der Waals surface area (Å²) in [5.41, 5.74) is 1.08. The number of hydrogen-bond acceptors (Lipinski definition) is 3. The molecule has 0 aromatic heterocycles. The van der Waals surface area contributed by atoms with Gasteiger partial charge in [-0.05, 0) is 12.5 Å². The number of Topliss-reactive ketones (excluding diaryl/α,β-unsaturated/α-hetero) is 1. The lowest BCUT2D eigenvalue weighted by Gasteiger charge is -2.33. The molecule has 1 aromatic rings. The van der Waals surface area contributed by atoms with E-state index in [1.807, 2.05) is 30.3 Å². The normalized spacial score (nSPS) is 19.3. The number of carbonyl (C=O) groups is 1. The van der Waals surface area contributed by atoms with Crippen LogP contribution in [0.3, 0.4) is 0 Å². The van der Waals surface area contributed by atoms with Gasteiger partial charge in [0, 0.05) is 13.1 Å². The monoisotopic (exact) mass is 219 g/mol. The molecule has 1 aromatic carbocycles. The largest absolute Gasteiger partial charge is 0.379 e. The van der Waals surface area contributed by atoms with Crippen molar-refractivity contribution in [3.8, 4) is 0 Å². The smallest absolute Gasteiger partial charge is 0.151 e. The van der Waals surface area contributed by atoms with Crippen LogP contribution in [-0.2, 0) is 9.53 Å². The molecule has 1 aliphatic rings. The van der Waals surface area contributed by atoms with Gasteiger partial charge in [-0.25, -0.2) is 0 Å². The van der Waals surface area contributed by atoms with Gasteiger partial charge in [-0.1, -0.05) is 30.3 Å². The lowest BCUT2D eigenvalue weighted by Crippen LogP contribution is -2.41. The van der Waals surface area contributed by atoms with Crippen LogP contribution < -0.4 is 0 Å². The molecule has 16 heavy (non-hydrogen) atoms. The third-order valence-corrected chi connectivity index (χ3v) is 2.91. The van der Waals surface area contributed by atoms with Crippen molar-refractivity contribution in [2.24, 2.45) is 0 Å².